The van der Waals surface area contributed by atoms with Crippen LogP contribution in [-0.2, 0) is 14.8 Å². The number of amidine groups is 1. The highest BCUT2D eigenvalue weighted by atomic mass is 32.2. The molecule has 9 heteroatoms. The van der Waals surface area contributed by atoms with Gasteiger partial charge in [0, 0.05) is 24.7 Å². The molecule has 1 aliphatic heterocycles. The zero-order valence-electron chi connectivity index (χ0n) is 17.4. The first-order valence-corrected chi connectivity index (χ1v) is 11.4. The number of amides is 1. The molecule has 2 N–H and O–H groups in total. The third-order valence-corrected chi connectivity index (χ3v) is 5.83. The maximum Gasteiger partial charge on any atom is 0.262 e. The van der Waals surface area contributed by atoms with Crippen LogP contribution < -0.4 is 19.5 Å². The molecule has 1 amide bonds. The molecule has 1 heterocycles. The number of hydrogen-bond acceptors (Lipinski definition) is 6. The summed E-state index contributed by atoms with van der Waals surface area (Å²) in [5, 5.41) is 2.67. The number of sulfonamides is 1. The average Bonchev–Trinajstić information content (AvgIpc) is 3.25. The molecule has 31 heavy (non-hydrogen) atoms. The van der Waals surface area contributed by atoms with Gasteiger partial charge in [0.25, 0.3) is 10.0 Å². The summed E-state index contributed by atoms with van der Waals surface area (Å²) in [6.07, 6.45) is 4.44. The molecule has 0 aliphatic carbocycles. The average molecular weight is 444 g/mol. The van der Waals surface area contributed by atoms with Gasteiger partial charge in [-0.1, -0.05) is 12.1 Å². The highest BCUT2D eigenvalue weighted by Gasteiger charge is 2.18. The Bertz CT molecular complexity index is 1110. The lowest BCUT2D eigenvalue weighted by Crippen LogP contribution is -2.29. The van der Waals surface area contributed by atoms with Gasteiger partial charge >= 0.3 is 0 Å². The Labute approximate surface area is 182 Å². The Hall–Kier alpha value is -3.33. The van der Waals surface area contributed by atoms with Crippen molar-refractivity contribution < 1.29 is 22.7 Å². The molecular weight excluding hydrogens is 418 g/mol. The molecule has 0 bridgehead atoms. The number of nitrogens with zero attached hydrogens (tertiary/aromatic N) is 1. The van der Waals surface area contributed by atoms with Gasteiger partial charge in [-0.15, -0.1) is 0 Å². The van der Waals surface area contributed by atoms with E-state index in [1.165, 1.54) is 18.2 Å². The topological polar surface area (TPSA) is 106 Å². The molecule has 0 aromatic heterocycles. The van der Waals surface area contributed by atoms with Gasteiger partial charge in [-0.3, -0.25) is 14.5 Å². The van der Waals surface area contributed by atoms with Crippen molar-refractivity contribution in [1.29, 1.82) is 0 Å². The number of rotatable bonds is 8. The molecule has 0 atom stereocenters. The lowest BCUT2D eigenvalue weighted by atomic mass is 10.2. The molecule has 0 fully saturated rings. The summed E-state index contributed by atoms with van der Waals surface area (Å²) < 4.78 is 38.3. The largest absolute Gasteiger partial charge is 0.493 e. The molecule has 3 rings (SSSR count). The molecule has 2 aromatic carbocycles. The maximum atomic E-state index is 12.5. The summed E-state index contributed by atoms with van der Waals surface area (Å²) in [6, 6.07) is 11.4. The first-order valence-electron chi connectivity index (χ1n) is 9.87. The van der Waals surface area contributed by atoms with E-state index >= 15 is 0 Å². The van der Waals surface area contributed by atoms with E-state index in [2.05, 4.69) is 15.0 Å². The molecule has 0 radical (unpaired) electrons. The van der Waals surface area contributed by atoms with Crippen LogP contribution in [0, 0.1) is 0 Å². The number of carbonyl (C=O) groups is 1. The van der Waals surface area contributed by atoms with E-state index in [0.717, 1.165) is 12.0 Å². The standard InChI is InChI=1S/C22H25N3O5S/c1-3-30-19-11-9-16(14-20(19)29-2)10-12-22(26)24-17-6-4-7-18(15-17)31(27,28)25-21-8-5-13-23-21/h4,6-7,9-12,14-15H,3,5,8,13H2,1-2H3,(H,23,25)(H,24,26)/b12-10+. The Morgan fingerprint density at radius 2 is 2.03 bits per heavy atom. The van der Waals surface area contributed by atoms with Crippen LogP contribution in [0.2, 0.25) is 0 Å². The van der Waals surface area contributed by atoms with Crippen LogP contribution in [-0.4, -0.2) is 40.4 Å². The summed E-state index contributed by atoms with van der Waals surface area (Å²) in [5.41, 5.74) is 1.13. The van der Waals surface area contributed by atoms with Crippen LogP contribution in [0.5, 0.6) is 11.5 Å². The highest BCUT2D eigenvalue weighted by Crippen LogP contribution is 2.28. The van der Waals surface area contributed by atoms with E-state index in [4.69, 9.17) is 9.47 Å². The molecule has 8 nitrogen and oxygen atoms in total. The number of nitrogens with one attached hydrogen (secondary N) is 2. The molecule has 164 valence electrons. The first kappa shape index (κ1) is 22.4. The van der Waals surface area contributed by atoms with Gasteiger partial charge in [-0.05, 0) is 55.3 Å². The monoisotopic (exact) mass is 443 g/mol. The van der Waals surface area contributed by atoms with Crippen molar-refractivity contribution in [2.75, 3.05) is 25.6 Å². The summed E-state index contributed by atoms with van der Waals surface area (Å²) in [5.74, 6) is 1.27. The smallest absolute Gasteiger partial charge is 0.262 e. The molecule has 1 aliphatic rings. The van der Waals surface area contributed by atoms with Gasteiger partial charge in [-0.25, -0.2) is 8.42 Å². The predicted octanol–water partition coefficient (Wildman–Crippen LogP) is 3.22. The summed E-state index contributed by atoms with van der Waals surface area (Å²) in [4.78, 5) is 16.5. The van der Waals surface area contributed by atoms with Crippen molar-refractivity contribution in [3.63, 3.8) is 0 Å². The van der Waals surface area contributed by atoms with E-state index in [-0.39, 0.29) is 4.90 Å². The fourth-order valence-electron chi connectivity index (χ4n) is 3.00. The second-order valence-corrected chi connectivity index (χ2v) is 8.41. The number of methoxy groups -OCH3 is 1. The van der Waals surface area contributed by atoms with Crippen LogP contribution in [0.15, 0.2) is 58.4 Å². The minimum atomic E-state index is -3.75. The number of carbonyl (C=O) groups excluding carboxylic acids is 1. The number of aliphatic imine (C=N–C) groups is 1. The molecule has 0 saturated carbocycles. The van der Waals surface area contributed by atoms with Crippen LogP contribution in [0.25, 0.3) is 6.08 Å². The van der Waals surface area contributed by atoms with Crippen molar-refractivity contribution in [3.8, 4) is 11.5 Å². The molecular formula is C22H25N3O5S. The van der Waals surface area contributed by atoms with Gasteiger partial charge in [0.1, 0.15) is 5.84 Å². The number of hydrogen-bond donors (Lipinski definition) is 2. The quantitative estimate of drug-likeness (QED) is 0.610. The van der Waals surface area contributed by atoms with Crippen LogP contribution >= 0.6 is 0 Å². The zero-order chi connectivity index (χ0) is 22.3. The maximum absolute atomic E-state index is 12.5. The molecule has 0 unspecified atom stereocenters. The van der Waals surface area contributed by atoms with E-state index in [0.29, 0.717) is 42.6 Å². The van der Waals surface area contributed by atoms with Crippen LogP contribution in [0.4, 0.5) is 5.69 Å². The predicted molar refractivity (Wildman–Crippen MR) is 120 cm³/mol. The molecule has 2 aromatic rings. The van der Waals surface area contributed by atoms with Gasteiger partial charge in [0.05, 0.1) is 18.6 Å². The molecule has 0 saturated heterocycles. The van der Waals surface area contributed by atoms with E-state index in [1.807, 2.05) is 13.0 Å². The minimum absolute atomic E-state index is 0.0557. The van der Waals surface area contributed by atoms with Crippen molar-refractivity contribution in [2.45, 2.75) is 24.7 Å². The van der Waals surface area contributed by atoms with Crippen molar-refractivity contribution >= 4 is 33.5 Å². The normalized spacial score (nSPS) is 13.7. The van der Waals surface area contributed by atoms with Crippen LogP contribution in [0.1, 0.15) is 25.3 Å². The number of benzene rings is 2. The Morgan fingerprint density at radius 3 is 2.74 bits per heavy atom. The second-order valence-electron chi connectivity index (χ2n) is 6.73. The number of ether oxygens (including phenoxy) is 2. The lowest BCUT2D eigenvalue weighted by Gasteiger charge is -2.10. The second kappa shape index (κ2) is 10.1. The number of anilines is 1. The SMILES string of the molecule is CCOc1ccc(/C=C/C(=O)Nc2cccc(S(=O)(=O)NC3=NCCC3)c2)cc1OC. The Morgan fingerprint density at radius 1 is 1.19 bits per heavy atom. The van der Waals surface area contributed by atoms with Gasteiger partial charge in [0.15, 0.2) is 11.5 Å². The van der Waals surface area contributed by atoms with Crippen molar-refractivity contribution in [2.24, 2.45) is 4.99 Å². The minimum Gasteiger partial charge on any atom is -0.493 e. The van der Waals surface area contributed by atoms with E-state index in [1.54, 1.807) is 37.5 Å². The lowest BCUT2D eigenvalue weighted by molar-refractivity contribution is -0.111. The van der Waals surface area contributed by atoms with Gasteiger partial charge in [0.2, 0.25) is 5.91 Å². The summed E-state index contributed by atoms with van der Waals surface area (Å²) in [6.45, 7) is 3.03. The highest BCUT2D eigenvalue weighted by molar-refractivity contribution is 7.90. The fraction of sp³-hybridized carbons (Fsp3) is 0.273. The summed E-state index contributed by atoms with van der Waals surface area (Å²) in [7, 11) is -2.20. The van der Waals surface area contributed by atoms with Crippen LogP contribution in [0.3, 0.4) is 0 Å². The van der Waals surface area contributed by atoms with Crippen molar-refractivity contribution in [3.05, 3.63) is 54.1 Å². The first-order chi connectivity index (χ1) is 14.9. The third-order valence-electron chi connectivity index (χ3n) is 4.45. The summed E-state index contributed by atoms with van der Waals surface area (Å²) >= 11 is 0. The van der Waals surface area contributed by atoms with E-state index in [9.17, 15) is 13.2 Å². The zero-order valence-corrected chi connectivity index (χ0v) is 18.2. The van der Waals surface area contributed by atoms with Gasteiger partial charge < -0.3 is 14.8 Å². The van der Waals surface area contributed by atoms with E-state index < -0.39 is 15.9 Å². The third kappa shape index (κ3) is 6.08. The van der Waals surface area contributed by atoms with Crippen molar-refractivity contribution in [1.82, 2.24) is 4.72 Å². The Kier molecular flexibility index (Phi) is 7.30. The Balaban J connectivity index is 1.67. The molecule has 0 spiro atoms. The van der Waals surface area contributed by atoms with Gasteiger partial charge in [-0.2, -0.15) is 0 Å². The fourth-order valence-corrected chi connectivity index (χ4v) is 4.13.